The highest BCUT2D eigenvalue weighted by Gasteiger charge is 2.59. The van der Waals surface area contributed by atoms with Gasteiger partial charge in [-0.15, -0.1) is 0 Å². The summed E-state index contributed by atoms with van der Waals surface area (Å²) in [5.41, 5.74) is 2.79. The Morgan fingerprint density at radius 3 is 2.59 bits per heavy atom. The zero-order valence-electron chi connectivity index (χ0n) is 15.6. The predicted octanol–water partition coefficient (Wildman–Crippen LogP) is 4.48. The maximum absolute atomic E-state index is 12.4. The number of anilines is 1. The Labute approximate surface area is 159 Å². The van der Waals surface area contributed by atoms with E-state index in [2.05, 4.69) is 96.9 Å². The first-order valence-corrected chi connectivity index (χ1v) is 9.38. The van der Waals surface area contributed by atoms with E-state index in [0.29, 0.717) is 6.54 Å². The first-order chi connectivity index (χ1) is 13.0. The summed E-state index contributed by atoms with van der Waals surface area (Å²) in [6.45, 7) is 4.82. The molecule has 1 atom stereocenters. The van der Waals surface area contributed by atoms with Crippen molar-refractivity contribution in [3.05, 3.63) is 83.9 Å². The van der Waals surface area contributed by atoms with Crippen LogP contribution in [-0.2, 0) is 10.2 Å². The fraction of sp³-hybridized carbons (Fsp3) is 0.208. The van der Waals surface area contributed by atoms with E-state index in [0.717, 1.165) is 11.3 Å². The standard InChI is InChI=1S/C24H22N2O/c1-23(2)20-12-5-6-13-21(20)26-16-22(27)25-24(23,26)15-14-18-10-7-9-17-8-3-4-11-19(17)18/h3-15H,16H2,1-2H3,(H,25,27). The van der Waals surface area contributed by atoms with Gasteiger partial charge in [-0.1, -0.05) is 80.6 Å². The second-order valence-electron chi connectivity index (χ2n) is 7.94. The zero-order chi connectivity index (χ0) is 18.6. The molecule has 1 amide bonds. The minimum absolute atomic E-state index is 0.0696. The maximum atomic E-state index is 12.4. The number of hydrogen-bond acceptors (Lipinski definition) is 2. The molecule has 1 N–H and O–H groups in total. The molecule has 2 aliphatic heterocycles. The Bertz CT molecular complexity index is 1090. The fourth-order valence-corrected chi connectivity index (χ4v) is 4.75. The van der Waals surface area contributed by atoms with E-state index in [-0.39, 0.29) is 11.3 Å². The van der Waals surface area contributed by atoms with Crippen molar-refractivity contribution >= 4 is 28.4 Å². The van der Waals surface area contributed by atoms with Gasteiger partial charge in [0.25, 0.3) is 0 Å². The largest absolute Gasteiger partial charge is 0.335 e. The number of carbonyl (C=O) groups excluding carboxylic acids is 1. The van der Waals surface area contributed by atoms with E-state index >= 15 is 0 Å². The Hall–Kier alpha value is -3.07. The molecule has 1 fully saturated rings. The summed E-state index contributed by atoms with van der Waals surface area (Å²) in [5, 5.41) is 5.73. The van der Waals surface area contributed by atoms with Gasteiger partial charge in [-0.3, -0.25) is 4.79 Å². The van der Waals surface area contributed by atoms with E-state index in [9.17, 15) is 4.79 Å². The molecular weight excluding hydrogens is 332 g/mol. The Morgan fingerprint density at radius 2 is 1.70 bits per heavy atom. The van der Waals surface area contributed by atoms with E-state index in [1.54, 1.807) is 0 Å². The van der Waals surface area contributed by atoms with Gasteiger partial charge in [0.15, 0.2) is 0 Å². The van der Waals surface area contributed by atoms with Crippen LogP contribution in [0.4, 0.5) is 5.69 Å². The van der Waals surface area contributed by atoms with Gasteiger partial charge in [0.2, 0.25) is 5.91 Å². The third kappa shape index (κ3) is 2.11. The van der Waals surface area contributed by atoms with Crippen molar-refractivity contribution in [2.45, 2.75) is 24.9 Å². The van der Waals surface area contributed by atoms with E-state index in [1.165, 1.54) is 16.3 Å². The molecule has 134 valence electrons. The maximum Gasteiger partial charge on any atom is 0.241 e. The van der Waals surface area contributed by atoms with Gasteiger partial charge < -0.3 is 10.2 Å². The van der Waals surface area contributed by atoms with Crippen LogP contribution in [0.5, 0.6) is 0 Å². The lowest BCUT2D eigenvalue weighted by molar-refractivity contribution is -0.118. The molecule has 0 saturated carbocycles. The van der Waals surface area contributed by atoms with Crippen molar-refractivity contribution in [1.29, 1.82) is 0 Å². The first kappa shape index (κ1) is 16.1. The smallest absolute Gasteiger partial charge is 0.241 e. The van der Waals surface area contributed by atoms with Gasteiger partial charge >= 0.3 is 0 Å². The molecule has 0 bridgehead atoms. The quantitative estimate of drug-likeness (QED) is 0.736. The summed E-state index contributed by atoms with van der Waals surface area (Å²) in [6.07, 6.45) is 4.34. The Morgan fingerprint density at radius 1 is 0.963 bits per heavy atom. The highest BCUT2D eigenvalue weighted by Crippen LogP contribution is 2.52. The molecule has 3 aromatic carbocycles. The molecule has 1 saturated heterocycles. The minimum atomic E-state index is -0.551. The molecule has 5 rings (SSSR count). The number of nitrogens with zero attached hydrogens (tertiary/aromatic N) is 1. The number of amides is 1. The van der Waals surface area contributed by atoms with Crippen LogP contribution in [0, 0.1) is 0 Å². The highest BCUT2D eigenvalue weighted by molar-refractivity contribution is 5.93. The lowest BCUT2D eigenvalue weighted by Gasteiger charge is -2.40. The molecule has 0 aromatic heterocycles. The van der Waals surface area contributed by atoms with Crippen molar-refractivity contribution in [2.24, 2.45) is 0 Å². The molecule has 1 unspecified atom stereocenters. The second kappa shape index (κ2) is 5.46. The Balaban J connectivity index is 1.67. The molecule has 3 heteroatoms. The number of fused-ring (bicyclic) bond motifs is 4. The number of hydrogen-bond donors (Lipinski definition) is 1. The van der Waals surface area contributed by atoms with Gasteiger partial charge in [-0.05, 0) is 34.0 Å². The van der Waals surface area contributed by atoms with Crippen LogP contribution in [0.25, 0.3) is 16.8 Å². The molecule has 0 aliphatic carbocycles. The van der Waals surface area contributed by atoms with Crippen LogP contribution in [0.3, 0.4) is 0 Å². The van der Waals surface area contributed by atoms with E-state index in [4.69, 9.17) is 0 Å². The van der Waals surface area contributed by atoms with Crippen molar-refractivity contribution < 1.29 is 4.79 Å². The van der Waals surface area contributed by atoms with Gasteiger partial charge in [0, 0.05) is 11.1 Å². The number of carbonyl (C=O) groups is 1. The minimum Gasteiger partial charge on any atom is -0.335 e. The van der Waals surface area contributed by atoms with Crippen molar-refractivity contribution in [1.82, 2.24) is 5.32 Å². The average Bonchev–Trinajstić information content (AvgIpc) is 3.11. The second-order valence-corrected chi connectivity index (χ2v) is 7.94. The van der Waals surface area contributed by atoms with Gasteiger partial charge in [-0.2, -0.15) is 0 Å². The van der Waals surface area contributed by atoms with Gasteiger partial charge in [0.1, 0.15) is 5.66 Å². The zero-order valence-corrected chi connectivity index (χ0v) is 15.6. The summed E-state index contributed by atoms with van der Waals surface area (Å²) in [7, 11) is 0. The van der Waals surface area contributed by atoms with Crippen LogP contribution in [0.1, 0.15) is 25.0 Å². The Kier molecular flexibility index (Phi) is 3.26. The van der Waals surface area contributed by atoms with Crippen molar-refractivity contribution in [3.63, 3.8) is 0 Å². The van der Waals surface area contributed by atoms with E-state index < -0.39 is 5.66 Å². The summed E-state index contributed by atoms with van der Waals surface area (Å²) < 4.78 is 0. The van der Waals surface area contributed by atoms with Crippen LogP contribution < -0.4 is 10.2 Å². The van der Waals surface area contributed by atoms with Crippen LogP contribution in [0.2, 0.25) is 0 Å². The molecule has 3 nitrogen and oxygen atoms in total. The molecule has 0 radical (unpaired) electrons. The summed E-state index contributed by atoms with van der Waals surface area (Å²) in [6, 6.07) is 23.2. The van der Waals surface area contributed by atoms with Crippen LogP contribution in [0.15, 0.2) is 72.8 Å². The molecule has 2 heterocycles. The third-order valence-corrected chi connectivity index (χ3v) is 6.21. The third-order valence-electron chi connectivity index (χ3n) is 6.21. The lowest BCUT2D eigenvalue weighted by Crippen LogP contribution is -2.58. The first-order valence-electron chi connectivity index (χ1n) is 9.38. The van der Waals surface area contributed by atoms with Crippen LogP contribution in [-0.4, -0.2) is 18.1 Å². The van der Waals surface area contributed by atoms with E-state index in [1.807, 2.05) is 6.07 Å². The highest BCUT2D eigenvalue weighted by atomic mass is 16.2. The predicted molar refractivity (Wildman–Crippen MR) is 111 cm³/mol. The average molecular weight is 354 g/mol. The summed E-state index contributed by atoms with van der Waals surface area (Å²) in [5.74, 6) is 0.0696. The molecule has 2 aliphatic rings. The number of rotatable bonds is 2. The van der Waals surface area contributed by atoms with Crippen molar-refractivity contribution in [3.8, 4) is 0 Å². The molecule has 3 aromatic rings. The van der Waals surface area contributed by atoms with Gasteiger partial charge in [-0.25, -0.2) is 0 Å². The topological polar surface area (TPSA) is 32.3 Å². The summed E-state index contributed by atoms with van der Waals surface area (Å²) in [4.78, 5) is 14.6. The summed E-state index contributed by atoms with van der Waals surface area (Å²) >= 11 is 0. The normalized spacial score (nSPS) is 22.9. The van der Waals surface area contributed by atoms with Crippen molar-refractivity contribution in [2.75, 3.05) is 11.4 Å². The fourth-order valence-electron chi connectivity index (χ4n) is 4.75. The molecule has 27 heavy (non-hydrogen) atoms. The molecular formula is C24H22N2O. The van der Waals surface area contributed by atoms with Gasteiger partial charge in [0.05, 0.1) is 6.54 Å². The lowest BCUT2D eigenvalue weighted by atomic mass is 9.75. The monoisotopic (exact) mass is 354 g/mol. The number of para-hydroxylation sites is 1. The number of nitrogens with one attached hydrogen (secondary N) is 1. The SMILES string of the molecule is CC1(C)c2ccccc2N2CC(=O)NC21C=Cc1cccc2ccccc12. The number of benzene rings is 3. The molecule has 0 spiro atoms. The van der Waals surface area contributed by atoms with Crippen LogP contribution >= 0.6 is 0 Å².